The van der Waals surface area contributed by atoms with Crippen molar-refractivity contribution in [2.45, 2.75) is 0 Å². The standard InChI is InChI=1S/C16H13ClN4O3S/c17-11-5-2-1-4-10(11)14(22)18-7-8-19-15(23)16-20-13(21-24-16)12-6-3-9-25-12/h1-6,9H,7-8H2,(H,18,22)(H,19,23). The van der Waals surface area contributed by atoms with Crippen LogP contribution in [0.5, 0.6) is 0 Å². The molecule has 128 valence electrons. The SMILES string of the molecule is O=C(NCCNC(=O)c1ccccc1Cl)c1nc(-c2cccs2)no1. The van der Waals surface area contributed by atoms with Gasteiger partial charge in [0.2, 0.25) is 5.82 Å². The lowest BCUT2D eigenvalue weighted by Gasteiger charge is -2.06. The van der Waals surface area contributed by atoms with E-state index in [1.54, 1.807) is 24.3 Å². The minimum absolute atomic E-state index is 0.124. The Morgan fingerprint density at radius 3 is 2.56 bits per heavy atom. The molecule has 0 saturated heterocycles. The molecule has 2 heterocycles. The maximum atomic E-state index is 12.0. The fourth-order valence-corrected chi connectivity index (χ4v) is 2.86. The van der Waals surface area contributed by atoms with Crippen LogP contribution in [0, 0.1) is 0 Å². The Bertz CT molecular complexity index is 879. The number of hydrogen-bond acceptors (Lipinski definition) is 6. The maximum absolute atomic E-state index is 12.0. The minimum atomic E-state index is -0.498. The van der Waals surface area contributed by atoms with Crippen LogP contribution < -0.4 is 10.6 Å². The van der Waals surface area contributed by atoms with E-state index in [0.29, 0.717) is 16.4 Å². The molecule has 25 heavy (non-hydrogen) atoms. The van der Waals surface area contributed by atoms with Crippen LogP contribution >= 0.6 is 22.9 Å². The summed E-state index contributed by atoms with van der Waals surface area (Å²) in [6.07, 6.45) is 0. The van der Waals surface area contributed by atoms with Gasteiger partial charge in [-0.3, -0.25) is 9.59 Å². The molecule has 9 heteroatoms. The summed E-state index contributed by atoms with van der Waals surface area (Å²) in [5.74, 6) is -0.562. The zero-order valence-electron chi connectivity index (χ0n) is 12.9. The number of nitrogens with zero attached hydrogens (tertiary/aromatic N) is 2. The number of benzene rings is 1. The van der Waals surface area contributed by atoms with Gasteiger partial charge in [0.1, 0.15) is 0 Å². The largest absolute Gasteiger partial charge is 0.350 e. The van der Waals surface area contributed by atoms with Crippen molar-refractivity contribution in [2.24, 2.45) is 0 Å². The van der Waals surface area contributed by atoms with Crippen LogP contribution in [0.1, 0.15) is 21.0 Å². The molecule has 7 nitrogen and oxygen atoms in total. The molecular weight excluding hydrogens is 364 g/mol. The number of carbonyl (C=O) groups is 2. The normalized spacial score (nSPS) is 10.4. The summed E-state index contributed by atoms with van der Waals surface area (Å²) in [7, 11) is 0. The Hall–Kier alpha value is -2.71. The van der Waals surface area contributed by atoms with Crippen LogP contribution in [0.3, 0.4) is 0 Å². The average Bonchev–Trinajstić information content (AvgIpc) is 3.29. The molecule has 0 unspecified atom stereocenters. The van der Waals surface area contributed by atoms with Crippen molar-refractivity contribution in [3.05, 3.63) is 58.3 Å². The lowest BCUT2D eigenvalue weighted by atomic mass is 10.2. The van der Waals surface area contributed by atoms with Gasteiger partial charge in [-0.25, -0.2) is 0 Å². The van der Waals surface area contributed by atoms with Crippen molar-refractivity contribution in [2.75, 3.05) is 13.1 Å². The minimum Gasteiger partial charge on any atom is -0.350 e. The van der Waals surface area contributed by atoms with E-state index in [-0.39, 0.29) is 24.9 Å². The highest BCUT2D eigenvalue weighted by Gasteiger charge is 2.16. The first kappa shape index (κ1) is 17.1. The van der Waals surface area contributed by atoms with Crippen LogP contribution in [0.25, 0.3) is 10.7 Å². The van der Waals surface area contributed by atoms with Gasteiger partial charge in [-0.05, 0) is 23.6 Å². The van der Waals surface area contributed by atoms with Gasteiger partial charge in [0.25, 0.3) is 5.91 Å². The van der Waals surface area contributed by atoms with E-state index in [2.05, 4.69) is 20.8 Å². The summed E-state index contributed by atoms with van der Waals surface area (Å²) in [5.41, 5.74) is 0.382. The summed E-state index contributed by atoms with van der Waals surface area (Å²) in [6.45, 7) is 0.452. The molecule has 0 aliphatic heterocycles. The number of carbonyl (C=O) groups excluding carboxylic acids is 2. The highest BCUT2D eigenvalue weighted by Crippen LogP contribution is 2.21. The first-order valence-corrected chi connectivity index (χ1v) is 8.59. The second-order valence-electron chi connectivity index (χ2n) is 4.89. The number of rotatable bonds is 6. The molecule has 0 spiro atoms. The second-order valence-corrected chi connectivity index (χ2v) is 6.25. The third kappa shape index (κ3) is 4.23. The molecule has 0 atom stereocenters. The van der Waals surface area contributed by atoms with E-state index >= 15 is 0 Å². The highest BCUT2D eigenvalue weighted by molar-refractivity contribution is 7.13. The molecule has 0 aliphatic carbocycles. The number of nitrogens with one attached hydrogen (secondary N) is 2. The molecular formula is C16H13ClN4O3S. The lowest BCUT2D eigenvalue weighted by Crippen LogP contribution is -2.34. The van der Waals surface area contributed by atoms with E-state index in [9.17, 15) is 9.59 Å². The smallest absolute Gasteiger partial charge is 0.316 e. The molecule has 2 aromatic heterocycles. The van der Waals surface area contributed by atoms with Gasteiger partial charge in [-0.1, -0.05) is 35.0 Å². The Labute approximate surface area is 152 Å². The molecule has 2 amide bonds. The van der Waals surface area contributed by atoms with Gasteiger partial charge < -0.3 is 15.2 Å². The summed E-state index contributed by atoms with van der Waals surface area (Å²) in [4.78, 5) is 28.8. The van der Waals surface area contributed by atoms with Crippen molar-refractivity contribution >= 4 is 34.8 Å². The van der Waals surface area contributed by atoms with Crippen LogP contribution in [-0.4, -0.2) is 35.0 Å². The van der Waals surface area contributed by atoms with E-state index in [1.165, 1.54) is 11.3 Å². The summed E-state index contributed by atoms with van der Waals surface area (Å²) in [6, 6.07) is 10.4. The molecule has 3 rings (SSSR count). The fraction of sp³-hybridized carbons (Fsp3) is 0.125. The topological polar surface area (TPSA) is 97.1 Å². The van der Waals surface area contributed by atoms with Crippen LogP contribution in [0.4, 0.5) is 0 Å². The first-order chi connectivity index (χ1) is 12.1. The average molecular weight is 377 g/mol. The summed E-state index contributed by atoms with van der Waals surface area (Å²) < 4.78 is 4.94. The zero-order valence-corrected chi connectivity index (χ0v) is 14.4. The molecule has 0 bridgehead atoms. The van der Waals surface area contributed by atoms with Gasteiger partial charge in [0.15, 0.2) is 0 Å². The van der Waals surface area contributed by atoms with Gasteiger partial charge >= 0.3 is 11.8 Å². The van der Waals surface area contributed by atoms with E-state index in [0.717, 1.165) is 4.88 Å². The Kier molecular flexibility index (Phi) is 5.42. The molecule has 0 fully saturated rings. The Balaban J connectivity index is 1.47. The van der Waals surface area contributed by atoms with Crippen molar-refractivity contribution in [1.29, 1.82) is 0 Å². The van der Waals surface area contributed by atoms with Gasteiger partial charge in [-0.2, -0.15) is 4.98 Å². The third-order valence-corrected chi connectivity index (χ3v) is 4.37. The molecule has 2 N–H and O–H groups in total. The first-order valence-electron chi connectivity index (χ1n) is 7.33. The van der Waals surface area contributed by atoms with Crippen LogP contribution in [-0.2, 0) is 0 Å². The molecule has 3 aromatic rings. The number of hydrogen-bond donors (Lipinski definition) is 2. The van der Waals surface area contributed by atoms with Crippen molar-refractivity contribution in [1.82, 2.24) is 20.8 Å². The second kappa shape index (κ2) is 7.91. The van der Waals surface area contributed by atoms with Crippen LogP contribution in [0.15, 0.2) is 46.3 Å². The van der Waals surface area contributed by atoms with Crippen LogP contribution in [0.2, 0.25) is 5.02 Å². The predicted octanol–water partition coefficient (Wildman–Crippen LogP) is 2.61. The third-order valence-electron chi connectivity index (χ3n) is 3.18. The summed E-state index contributed by atoms with van der Waals surface area (Å²) in [5, 5.41) is 11.3. The lowest BCUT2D eigenvalue weighted by molar-refractivity contribution is 0.0898. The molecule has 1 aromatic carbocycles. The Morgan fingerprint density at radius 2 is 1.84 bits per heavy atom. The summed E-state index contributed by atoms with van der Waals surface area (Å²) >= 11 is 7.40. The van der Waals surface area contributed by atoms with Gasteiger partial charge in [0.05, 0.1) is 15.5 Å². The molecule has 0 saturated carbocycles. The Morgan fingerprint density at radius 1 is 1.08 bits per heavy atom. The highest BCUT2D eigenvalue weighted by atomic mass is 35.5. The maximum Gasteiger partial charge on any atom is 0.316 e. The predicted molar refractivity (Wildman–Crippen MR) is 93.7 cm³/mol. The van der Waals surface area contributed by atoms with Gasteiger partial charge in [0, 0.05) is 13.1 Å². The monoisotopic (exact) mass is 376 g/mol. The van der Waals surface area contributed by atoms with Gasteiger partial charge in [-0.15, -0.1) is 11.3 Å². The molecule has 0 radical (unpaired) electrons. The van der Waals surface area contributed by atoms with E-state index < -0.39 is 5.91 Å². The number of aromatic nitrogens is 2. The quantitative estimate of drug-likeness (QED) is 0.644. The van der Waals surface area contributed by atoms with E-state index in [4.69, 9.17) is 16.1 Å². The number of thiophene rings is 1. The molecule has 0 aliphatic rings. The van der Waals surface area contributed by atoms with Crippen molar-refractivity contribution in [3.63, 3.8) is 0 Å². The van der Waals surface area contributed by atoms with Crippen molar-refractivity contribution < 1.29 is 14.1 Å². The number of halogens is 1. The van der Waals surface area contributed by atoms with E-state index in [1.807, 2.05) is 17.5 Å². The zero-order chi connectivity index (χ0) is 17.6. The van der Waals surface area contributed by atoms with Crippen molar-refractivity contribution in [3.8, 4) is 10.7 Å². The number of amides is 2. The fourth-order valence-electron chi connectivity index (χ4n) is 1.99.